The Kier molecular flexibility index (Phi) is 3.30. The maximum absolute atomic E-state index is 13.5. The molecule has 0 saturated carbocycles. The van der Waals surface area contributed by atoms with Crippen LogP contribution in [0.1, 0.15) is 24.4 Å². The molecule has 1 saturated heterocycles. The minimum Gasteiger partial charge on any atom is -0.376 e. The van der Waals surface area contributed by atoms with Gasteiger partial charge in [-0.25, -0.2) is 4.39 Å². The summed E-state index contributed by atoms with van der Waals surface area (Å²) in [6.45, 7) is 0.733. The van der Waals surface area contributed by atoms with Crippen LogP contribution in [0.3, 0.4) is 0 Å². The van der Waals surface area contributed by atoms with Gasteiger partial charge < -0.3 is 4.74 Å². The molecule has 0 bridgehead atoms. The van der Waals surface area contributed by atoms with Crippen molar-refractivity contribution in [1.29, 1.82) is 0 Å². The van der Waals surface area contributed by atoms with Crippen LogP contribution in [0.5, 0.6) is 0 Å². The number of hydrogen-bond donors (Lipinski definition) is 2. The lowest BCUT2D eigenvalue weighted by molar-refractivity contribution is 0.0772. The summed E-state index contributed by atoms with van der Waals surface area (Å²) in [6.07, 6.45) is 1.91. The Morgan fingerprint density at radius 1 is 1.47 bits per heavy atom. The van der Waals surface area contributed by atoms with Crippen molar-refractivity contribution in [3.05, 3.63) is 35.6 Å². The van der Waals surface area contributed by atoms with Crippen molar-refractivity contribution >= 4 is 0 Å². The maximum Gasteiger partial charge on any atom is 0.128 e. The molecule has 82 valence electrons. The van der Waals surface area contributed by atoms with Crippen LogP contribution in [0.4, 0.5) is 4.39 Å². The highest BCUT2D eigenvalue weighted by atomic mass is 19.1. The van der Waals surface area contributed by atoms with E-state index < -0.39 is 0 Å². The molecule has 1 aliphatic heterocycles. The minimum absolute atomic E-state index is 0.0214. The molecular formula is C11H15FN2O. The topological polar surface area (TPSA) is 47.3 Å². The second kappa shape index (κ2) is 4.70. The van der Waals surface area contributed by atoms with Gasteiger partial charge in [-0.1, -0.05) is 18.2 Å². The van der Waals surface area contributed by atoms with Crippen LogP contribution >= 0.6 is 0 Å². The summed E-state index contributed by atoms with van der Waals surface area (Å²) in [5.74, 6) is 5.22. The van der Waals surface area contributed by atoms with E-state index in [4.69, 9.17) is 10.6 Å². The second-order valence-corrected chi connectivity index (χ2v) is 3.72. The van der Waals surface area contributed by atoms with Gasteiger partial charge in [-0.15, -0.1) is 0 Å². The van der Waals surface area contributed by atoms with Crippen LogP contribution in [0, 0.1) is 5.82 Å². The molecule has 2 rings (SSSR count). The molecule has 1 aromatic rings. The van der Waals surface area contributed by atoms with Crippen LogP contribution in [0.15, 0.2) is 24.3 Å². The Bertz CT molecular complexity index is 326. The smallest absolute Gasteiger partial charge is 0.128 e. The Morgan fingerprint density at radius 2 is 2.27 bits per heavy atom. The first-order valence-electron chi connectivity index (χ1n) is 5.15. The van der Waals surface area contributed by atoms with Crippen molar-refractivity contribution in [3.8, 4) is 0 Å². The molecule has 4 heteroatoms. The van der Waals surface area contributed by atoms with E-state index >= 15 is 0 Å². The third kappa shape index (κ3) is 2.17. The van der Waals surface area contributed by atoms with E-state index in [1.807, 2.05) is 0 Å². The number of hydrogen-bond acceptors (Lipinski definition) is 3. The minimum atomic E-state index is -0.256. The summed E-state index contributed by atoms with van der Waals surface area (Å²) in [6, 6.07) is 6.39. The highest BCUT2D eigenvalue weighted by Crippen LogP contribution is 2.27. The number of benzene rings is 1. The number of nitrogens with two attached hydrogens (primary N) is 1. The van der Waals surface area contributed by atoms with Gasteiger partial charge >= 0.3 is 0 Å². The summed E-state index contributed by atoms with van der Waals surface area (Å²) >= 11 is 0. The summed E-state index contributed by atoms with van der Waals surface area (Å²) in [4.78, 5) is 0. The van der Waals surface area contributed by atoms with Crippen LogP contribution in [0.2, 0.25) is 0 Å². The fourth-order valence-corrected chi connectivity index (χ4v) is 1.99. The third-order valence-electron chi connectivity index (χ3n) is 2.76. The Morgan fingerprint density at radius 3 is 2.87 bits per heavy atom. The molecule has 0 amide bonds. The highest BCUT2D eigenvalue weighted by molar-refractivity contribution is 5.22. The van der Waals surface area contributed by atoms with Crippen molar-refractivity contribution in [1.82, 2.24) is 5.43 Å². The van der Waals surface area contributed by atoms with Crippen LogP contribution < -0.4 is 11.3 Å². The third-order valence-corrected chi connectivity index (χ3v) is 2.76. The van der Waals surface area contributed by atoms with Gasteiger partial charge in [0.2, 0.25) is 0 Å². The van der Waals surface area contributed by atoms with Gasteiger partial charge in [-0.05, 0) is 18.9 Å². The van der Waals surface area contributed by atoms with Crippen molar-refractivity contribution in [3.63, 3.8) is 0 Å². The number of rotatable bonds is 3. The van der Waals surface area contributed by atoms with E-state index in [1.165, 1.54) is 6.07 Å². The summed E-state index contributed by atoms with van der Waals surface area (Å²) < 4.78 is 19.0. The molecular weight excluding hydrogens is 195 g/mol. The first-order chi connectivity index (χ1) is 7.33. The quantitative estimate of drug-likeness (QED) is 0.587. The van der Waals surface area contributed by atoms with E-state index in [9.17, 15) is 4.39 Å². The van der Waals surface area contributed by atoms with E-state index in [0.717, 1.165) is 19.4 Å². The van der Waals surface area contributed by atoms with Gasteiger partial charge in [0.05, 0.1) is 12.1 Å². The molecule has 1 aromatic carbocycles. The Balaban J connectivity index is 2.22. The number of nitrogens with one attached hydrogen (secondary N) is 1. The van der Waals surface area contributed by atoms with Gasteiger partial charge in [-0.2, -0.15) is 0 Å². The highest BCUT2D eigenvalue weighted by Gasteiger charge is 2.27. The Hall–Kier alpha value is -0.970. The van der Waals surface area contributed by atoms with E-state index in [-0.39, 0.29) is 18.0 Å². The molecule has 3 N–H and O–H groups in total. The van der Waals surface area contributed by atoms with Crippen molar-refractivity contribution in [2.75, 3.05) is 6.61 Å². The van der Waals surface area contributed by atoms with Crippen molar-refractivity contribution in [2.24, 2.45) is 5.84 Å². The van der Waals surface area contributed by atoms with E-state index in [1.54, 1.807) is 18.2 Å². The van der Waals surface area contributed by atoms with E-state index in [0.29, 0.717) is 5.56 Å². The van der Waals surface area contributed by atoms with Gasteiger partial charge in [0, 0.05) is 12.2 Å². The molecule has 0 aromatic heterocycles. The summed E-state index contributed by atoms with van der Waals surface area (Å²) in [5, 5.41) is 0. The molecule has 2 unspecified atom stereocenters. The zero-order chi connectivity index (χ0) is 10.7. The van der Waals surface area contributed by atoms with Gasteiger partial charge in [0.15, 0.2) is 0 Å². The molecule has 15 heavy (non-hydrogen) atoms. The predicted molar refractivity (Wildman–Crippen MR) is 55.4 cm³/mol. The van der Waals surface area contributed by atoms with Gasteiger partial charge in [0.1, 0.15) is 5.82 Å². The van der Waals surface area contributed by atoms with Crippen LogP contribution in [-0.4, -0.2) is 12.7 Å². The summed E-state index contributed by atoms with van der Waals surface area (Å²) in [7, 11) is 0. The van der Waals surface area contributed by atoms with Crippen molar-refractivity contribution in [2.45, 2.75) is 25.0 Å². The molecule has 1 heterocycles. The number of ether oxygens (including phenoxy) is 1. The molecule has 1 aliphatic rings. The zero-order valence-electron chi connectivity index (χ0n) is 8.45. The normalized spacial score (nSPS) is 22.9. The van der Waals surface area contributed by atoms with Crippen LogP contribution in [-0.2, 0) is 4.74 Å². The molecule has 0 radical (unpaired) electrons. The molecule has 1 fully saturated rings. The first-order valence-corrected chi connectivity index (χ1v) is 5.15. The summed E-state index contributed by atoms with van der Waals surface area (Å²) in [5.41, 5.74) is 3.21. The first kappa shape index (κ1) is 10.5. The molecule has 0 aliphatic carbocycles. The SMILES string of the molecule is NNC(c1ccccc1F)C1CCCO1. The fraction of sp³-hybridized carbons (Fsp3) is 0.455. The fourth-order valence-electron chi connectivity index (χ4n) is 1.99. The second-order valence-electron chi connectivity index (χ2n) is 3.72. The standard InChI is InChI=1S/C11H15FN2O/c12-9-5-2-1-4-8(9)11(14-13)10-6-3-7-15-10/h1-2,4-5,10-11,14H,3,6-7,13H2. The number of hydrazine groups is 1. The number of halogens is 1. The lowest BCUT2D eigenvalue weighted by Gasteiger charge is -2.22. The van der Waals surface area contributed by atoms with Gasteiger partial charge in [0.25, 0.3) is 0 Å². The average molecular weight is 210 g/mol. The van der Waals surface area contributed by atoms with Crippen LogP contribution in [0.25, 0.3) is 0 Å². The van der Waals surface area contributed by atoms with E-state index in [2.05, 4.69) is 5.43 Å². The lowest BCUT2D eigenvalue weighted by atomic mass is 9.99. The average Bonchev–Trinajstić information content (AvgIpc) is 2.75. The van der Waals surface area contributed by atoms with Crippen molar-refractivity contribution < 1.29 is 9.13 Å². The molecule has 3 nitrogen and oxygen atoms in total. The lowest BCUT2D eigenvalue weighted by Crippen LogP contribution is -2.36. The largest absolute Gasteiger partial charge is 0.376 e. The Labute approximate surface area is 88.4 Å². The maximum atomic E-state index is 13.5. The monoisotopic (exact) mass is 210 g/mol. The molecule has 0 spiro atoms. The zero-order valence-corrected chi connectivity index (χ0v) is 8.45. The predicted octanol–water partition coefficient (Wildman–Crippen LogP) is 1.51. The van der Waals surface area contributed by atoms with Gasteiger partial charge in [-0.3, -0.25) is 11.3 Å². The molecule has 2 atom stereocenters.